The average molecular weight is 381 g/mol. The zero-order valence-corrected chi connectivity index (χ0v) is 14.3. The van der Waals surface area contributed by atoms with E-state index in [-0.39, 0.29) is 17.4 Å². The molecule has 0 radical (unpaired) electrons. The Kier molecular flexibility index (Phi) is 4.71. The molecule has 5 nitrogen and oxygen atoms in total. The number of nitrogens with one attached hydrogen (secondary N) is 1. The van der Waals surface area contributed by atoms with Gasteiger partial charge in [-0.1, -0.05) is 29.3 Å². The van der Waals surface area contributed by atoms with Gasteiger partial charge >= 0.3 is 0 Å². The topological polar surface area (TPSA) is 81.9 Å². The molecule has 1 fully saturated rings. The predicted molar refractivity (Wildman–Crippen MR) is 97.0 cm³/mol. The fraction of sp³-hybridized carbons (Fsp3) is 0. The Labute approximate surface area is 151 Å². The number of phenols is 2. The van der Waals surface area contributed by atoms with Crippen molar-refractivity contribution in [2.75, 3.05) is 0 Å². The molecule has 0 saturated carbocycles. The van der Waals surface area contributed by atoms with Gasteiger partial charge in [-0.15, -0.1) is 0 Å². The van der Waals surface area contributed by atoms with E-state index in [2.05, 4.69) is 10.3 Å². The molecular weight excluding hydrogens is 371 g/mol. The largest absolute Gasteiger partial charge is 0.504 e. The molecule has 8 heteroatoms. The number of hydrogen-bond acceptors (Lipinski definition) is 5. The second-order valence-corrected chi connectivity index (χ2v) is 6.67. The second-order valence-electron chi connectivity index (χ2n) is 4.83. The smallest absolute Gasteiger partial charge is 0.264 e. The Balaban J connectivity index is 1.84. The summed E-state index contributed by atoms with van der Waals surface area (Å²) in [5.41, 5.74) is 1.15. The third kappa shape index (κ3) is 3.67. The van der Waals surface area contributed by atoms with Crippen LogP contribution in [0.1, 0.15) is 5.56 Å². The summed E-state index contributed by atoms with van der Waals surface area (Å²) in [6, 6.07) is 9.22. The van der Waals surface area contributed by atoms with Gasteiger partial charge in [0.2, 0.25) is 0 Å². The van der Waals surface area contributed by atoms with Gasteiger partial charge in [0.15, 0.2) is 16.7 Å². The zero-order valence-electron chi connectivity index (χ0n) is 12.0. The molecule has 1 aliphatic rings. The van der Waals surface area contributed by atoms with Gasteiger partial charge in [0.1, 0.15) is 0 Å². The van der Waals surface area contributed by atoms with E-state index in [0.717, 1.165) is 11.8 Å². The summed E-state index contributed by atoms with van der Waals surface area (Å²) in [6.07, 6.45) is 1.59. The first-order chi connectivity index (χ1) is 11.4. The van der Waals surface area contributed by atoms with Crippen LogP contribution in [-0.2, 0) is 4.79 Å². The normalized spacial score (nSPS) is 17.5. The Bertz CT molecular complexity index is 897. The van der Waals surface area contributed by atoms with E-state index in [1.54, 1.807) is 30.3 Å². The third-order valence-electron chi connectivity index (χ3n) is 3.08. The maximum atomic E-state index is 12.0. The minimum atomic E-state index is -0.300. The maximum Gasteiger partial charge on any atom is 0.264 e. The molecule has 2 aromatic carbocycles. The van der Waals surface area contributed by atoms with Gasteiger partial charge in [-0.2, -0.15) is 0 Å². The molecule has 0 atom stereocenters. The van der Waals surface area contributed by atoms with Crippen molar-refractivity contribution in [3.05, 3.63) is 56.9 Å². The van der Waals surface area contributed by atoms with E-state index in [9.17, 15) is 15.0 Å². The molecule has 24 heavy (non-hydrogen) atoms. The van der Waals surface area contributed by atoms with E-state index >= 15 is 0 Å². The summed E-state index contributed by atoms with van der Waals surface area (Å²) in [7, 11) is 0. The molecule has 3 rings (SSSR count). The van der Waals surface area contributed by atoms with Crippen molar-refractivity contribution < 1.29 is 15.0 Å². The molecule has 0 bridgehead atoms. The number of phenolic OH excluding ortho intramolecular Hbond substituents is 2. The van der Waals surface area contributed by atoms with Crippen molar-refractivity contribution in [2.45, 2.75) is 0 Å². The SMILES string of the molecule is O=C1NC(=Nc2ccc(Cl)c(Cl)c2)S/C1=C\c1ccc(O)c(O)c1. The first-order valence-electron chi connectivity index (χ1n) is 6.69. The number of thioether (sulfide) groups is 1. The fourth-order valence-corrected chi connectivity index (χ4v) is 3.07. The molecule has 0 unspecified atom stereocenters. The van der Waals surface area contributed by atoms with E-state index in [1.807, 2.05) is 0 Å². The van der Waals surface area contributed by atoms with Crippen molar-refractivity contribution in [1.29, 1.82) is 0 Å². The number of benzene rings is 2. The van der Waals surface area contributed by atoms with Gasteiger partial charge in [-0.05, 0) is 53.7 Å². The Morgan fingerprint density at radius 1 is 1.04 bits per heavy atom. The number of aliphatic imine (C=N–C) groups is 1. The lowest BCUT2D eigenvalue weighted by molar-refractivity contribution is -0.115. The van der Waals surface area contributed by atoms with E-state index in [0.29, 0.717) is 31.4 Å². The first-order valence-corrected chi connectivity index (χ1v) is 8.26. The van der Waals surface area contributed by atoms with Crippen LogP contribution in [0.25, 0.3) is 6.08 Å². The molecule has 0 spiro atoms. The molecule has 1 aliphatic heterocycles. The predicted octanol–water partition coefficient (Wildman–Crippen LogP) is 4.30. The summed E-state index contributed by atoms with van der Waals surface area (Å²) in [4.78, 5) is 16.7. The number of hydrogen-bond donors (Lipinski definition) is 3. The number of halogens is 2. The summed E-state index contributed by atoms with van der Waals surface area (Å²) < 4.78 is 0. The van der Waals surface area contributed by atoms with Crippen molar-refractivity contribution >= 4 is 57.8 Å². The summed E-state index contributed by atoms with van der Waals surface area (Å²) >= 11 is 13.0. The quantitative estimate of drug-likeness (QED) is 0.535. The van der Waals surface area contributed by atoms with Crippen LogP contribution in [0.4, 0.5) is 5.69 Å². The van der Waals surface area contributed by atoms with Crippen LogP contribution in [0.2, 0.25) is 10.0 Å². The first kappa shape index (κ1) is 16.7. The van der Waals surface area contributed by atoms with Crippen LogP contribution in [0, 0.1) is 0 Å². The maximum absolute atomic E-state index is 12.0. The number of carbonyl (C=O) groups is 1. The lowest BCUT2D eigenvalue weighted by Gasteiger charge is -1.99. The van der Waals surface area contributed by atoms with Gasteiger partial charge < -0.3 is 15.5 Å². The number of carbonyl (C=O) groups excluding carboxylic acids is 1. The van der Waals surface area contributed by atoms with Crippen molar-refractivity contribution in [2.24, 2.45) is 4.99 Å². The summed E-state index contributed by atoms with van der Waals surface area (Å²) in [5.74, 6) is -0.772. The van der Waals surface area contributed by atoms with Crippen LogP contribution in [-0.4, -0.2) is 21.3 Å². The Morgan fingerprint density at radius 2 is 1.83 bits per heavy atom. The highest BCUT2D eigenvalue weighted by molar-refractivity contribution is 8.18. The molecule has 0 aromatic heterocycles. The van der Waals surface area contributed by atoms with Crippen molar-refractivity contribution in [1.82, 2.24) is 5.32 Å². The van der Waals surface area contributed by atoms with Crippen LogP contribution in [0.15, 0.2) is 46.3 Å². The molecule has 122 valence electrons. The zero-order chi connectivity index (χ0) is 17.3. The monoisotopic (exact) mass is 380 g/mol. The van der Waals surface area contributed by atoms with Gasteiger partial charge in [0.05, 0.1) is 20.6 Å². The highest BCUT2D eigenvalue weighted by Crippen LogP contribution is 2.32. The molecule has 0 aliphatic carbocycles. The lowest BCUT2D eigenvalue weighted by Crippen LogP contribution is -2.19. The highest BCUT2D eigenvalue weighted by Gasteiger charge is 2.24. The van der Waals surface area contributed by atoms with Gasteiger partial charge in [0.25, 0.3) is 5.91 Å². The van der Waals surface area contributed by atoms with Gasteiger partial charge in [-0.3, -0.25) is 4.79 Å². The Hall–Kier alpha value is -2.15. The average Bonchev–Trinajstić information content (AvgIpc) is 2.86. The van der Waals surface area contributed by atoms with Crippen LogP contribution >= 0.6 is 35.0 Å². The fourth-order valence-electron chi connectivity index (χ4n) is 1.93. The molecule has 1 amide bonds. The minimum Gasteiger partial charge on any atom is -0.504 e. The number of nitrogens with zero attached hydrogens (tertiary/aromatic N) is 1. The summed E-state index contributed by atoms with van der Waals surface area (Å²) in [5, 5.41) is 22.7. The van der Waals surface area contributed by atoms with Gasteiger partial charge in [-0.25, -0.2) is 4.99 Å². The standard InChI is InChI=1S/C16H10Cl2N2O3S/c17-10-3-2-9(7-11(10)18)19-16-20-15(23)14(24-16)6-8-1-4-12(21)13(22)5-8/h1-7,21-22H,(H,19,20,23)/b14-6-. The number of rotatable bonds is 2. The molecule has 1 saturated heterocycles. The molecular formula is C16H10Cl2N2O3S. The van der Waals surface area contributed by atoms with E-state index in [4.69, 9.17) is 23.2 Å². The minimum absolute atomic E-state index is 0.220. The molecule has 3 N–H and O–H groups in total. The third-order valence-corrected chi connectivity index (χ3v) is 4.73. The van der Waals surface area contributed by atoms with Crippen LogP contribution in [0.3, 0.4) is 0 Å². The molecule has 2 aromatic rings. The highest BCUT2D eigenvalue weighted by atomic mass is 35.5. The van der Waals surface area contributed by atoms with Crippen LogP contribution in [0.5, 0.6) is 11.5 Å². The number of amides is 1. The Morgan fingerprint density at radius 3 is 2.54 bits per heavy atom. The number of aromatic hydroxyl groups is 2. The lowest BCUT2D eigenvalue weighted by atomic mass is 10.2. The van der Waals surface area contributed by atoms with E-state index in [1.165, 1.54) is 12.1 Å². The van der Waals surface area contributed by atoms with Crippen molar-refractivity contribution in [3.63, 3.8) is 0 Å². The molecule has 1 heterocycles. The number of amidine groups is 1. The van der Waals surface area contributed by atoms with E-state index < -0.39 is 0 Å². The second kappa shape index (κ2) is 6.76. The van der Waals surface area contributed by atoms with Crippen molar-refractivity contribution in [3.8, 4) is 11.5 Å². The van der Waals surface area contributed by atoms with Crippen LogP contribution < -0.4 is 5.32 Å². The van der Waals surface area contributed by atoms with Gasteiger partial charge in [0, 0.05) is 0 Å². The summed E-state index contributed by atoms with van der Waals surface area (Å²) in [6.45, 7) is 0.